The fraction of sp³-hybridized carbons (Fsp3) is 0.250. The van der Waals surface area contributed by atoms with Gasteiger partial charge < -0.3 is 20.5 Å². The van der Waals surface area contributed by atoms with Gasteiger partial charge in [-0.3, -0.25) is 4.79 Å². The molecule has 0 bridgehead atoms. The van der Waals surface area contributed by atoms with Gasteiger partial charge in [-0.15, -0.1) is 5.10 Å². The van der Waals surface area contributed by atoms with Gasteiger partial charge in [-0.25, -0.2) is 4.68 Å². The van der Waals surface area contributed by atoms with E-state index in [2.05, 4.69) is 15.6 Å². The largest absolute Gasteiger partial charge is 0.454 e. The summed E-state index contributed by atoms with van der Waals surface area (Å²) in [6, 6.07) is 3.22. The number of ether oxygens (including phenoxy) is 2. The third-order valence-electron chi connectivity index (χ3n) is 2.84. The number of fused-ring (bicyclic) bond motifs is 1. The molecule has 3 N–H and O–H groups in total. The number of nitrogens with zero attached hydrogens (tertiary/aromatic N) is 3. The number of anilines is 1. The van der Waals surface area contributed by atoms with Crippen molar-refractivity contribution in [3.05, 3.63) is 29.0 Å². The van der Waals surface area contributed by atoms with E-state index in [0.29, 0.717) is 27.9 Å². The third kappa shape index (κ3) is 2.91. The van der Waals surface area contributed by atoms with Crippen molar-refractivity contribution in [2.24, 2.45) is 5.73 Å². The Labute approximate surface area is 124 Å². The van der Waals surface area contributed by atoms with E-state index in [1.807, 2.05) is 0 Å². The predicted octanol–water partition coefficient (Wildman–Crippen LogP) is 0.758. The maximum absolute atomic E-state index is 12.0. The quantitative estimate of drug-likeness (QED) is 0.864. The maximum Gasteiger partial charge on any atom is 0.246 e. The molecule has 3 rings (SSSR count). The molecular formula is C12H12ClN5O3. The van der Waals surface area contributed by atoms with Crippen LogP contribution in [0.2, 0.25) is 5.02 Å². The van der Waals surface area contributed by atoms with E-state index >= 15 is 0 Å². The Hall–Kier alpha value is -2.32. The van der Waals surface area contributed by atoms with Gasteiger partial charge in [0, 0.05) is 18.7 Å². The molecule has 1 aliphatic rings. The first-order valence-corrected chi connectivity index (χ1v) is 6.51. The van der Waals surface area contributed by atoms with E-state index in [0.717, 1.165) is 0 Å². The van der Waals surface area contributed by atoms with Gasteiger partial charge >= 0.3 is 0 Å². The number of nitrogens with one attached hydrogen (secondary N) is 1. The average molecular weight is 310 g/mol. The van der Waals surface area contributed by atoms with Crippen LogP contribution < -0.4 is 20.5 Å². The highest BCUT2D eigenvalue weighted by Crippen LogP contribution is 2.39. The first kappa shape index (κ1) is 13.7. The van der Waals surface area contributed by atoms with Crippen LogP contribution >= 0.6 is 11.6 Å². The SMILES string of the molecule is NCc1cn(CC(=O)Nc2cc3c(cc2Cl)OCO3)nn1. The highest BCUT2D eigenvalue weighted by molar-refractivity contribution is 6.34. The lowest BCUT2D eigenvalue weighted by atomic mass is 10.2. The topological polar surface area (TPSA) is 104 Å². The number of hydrogen-bond donors (Lipinski definition) is 2. The number of amides is 1. The van der Waals surface area contributed by atoms with Crippen molar-refractivity contribution in [2.45, 2.75) is 13.1 Å². The average Bonchev–Trinajstić information content (AvgIpc) is 3.07. The van der Waals surface area contributed by atoms with Crippen LogP contribution in [0.3, 0.4) is 0 Å². The molecule has 0 fully saturated rings. The number of nitrogens with two attached hydrogens (primary N) is 1. The van der Waals surface area contributed by atoms with E-state index in [4.69, 9.17) is 26.8 Å². The Morgan fingerprint density at radius 2 is 2.19 bits per heavy atom. The summed E-state index contributed by atoms with van der Waals surface area (Å²) in [5.41, 5.74) is 6.49. The van der Waals surface area contributed by atoms with Crippen LogP contribution in [0.4, 0.5) is 5.69 Å². The number of carbonyl (C=O) groups is 1. The van der Waals surface area contributed by atoms with Gasteiger partial charge in [0.05, 0.1) is 22.6 Å². The van der Waals surface area contributed by atoms with Crippen LogP contribution in [0.25, 0.3) is 0 Å². The zero-order chi connectivity index (χ0) is 14.8. The van der Waals surface area contributed by atoms with Crippen molar-refractivity contribution in [3.63, 3.8) is 0 Å². The molecule has 0 saturated heterocycles. The highest BCUT2D eigenvalue weighted by Gasteiger charge is 2.17. The Morgan fingerprint density at radius 3 is 2.90 bits per heavy atom. The summed E-state index contributed by atoms with van der Waals surface area (Å²) in [4.78, 5) is 12.0. The van der Waals surface area contributed by atoms with Crippen LogP contribution in [0.1, 0.15) is 5.69 Å². The number of halogens is 1. The lowest BCUT2D eigenvalue weighted by molar-refractivity contribution is -0.116. The van der Waals surface area contributed by atoms with E-state index in [1.54, 1.807) is 18.3 Å². The van der Waals surface area contributed by atoms with E-state index in [-0.39, 0.29) is 25.8 Å². The van der Waals surface area contributed by atoms with Crippen LogP contribution in [0, 0.1) is 0 Å². The highest BCUT2D eigenvalue weighted by atomic mass is 35.5. The molecule has 8 nitrogen and oxygen atoms in total. The second-order valence-corrected chi connectivity index (χ2v) is 4.75. The minimum absolute atomic E-state index is 0.0117. The summed E-state index contributed by atoms with van der Waals surface area (Å²) in [5, 5.41) is 10.7. The Morgan fingerprint density at radius 1 is 1.43 bits per heavy atom. The molecule has 0 spiro atoms. The minimum Gasteiger partial charge on any atom is -0.454 e. The number of carbonyl (C=O) groups excluding carboxylic acids is 1. The van der Waals surface area contributed by atoms with Crippen molar-refractivity contribution < 1.29 is 14.3 Å². The summed E-state index contributed by atoms with van der Waals surface area (Å²) >= 11 is 6.08. The van der Waals surface area contributed by atoms with Crippen molar-refractivity contribution in [3.8, 4) is 11.5 Å². The second kappa shape index (κ2) is 5.58. The first-order chi connectivity index (χ1) is 10.2. The van der Waals surface area contributed by atoms with Gasteiger partial charge in [-0.05, 0) is 0 Å². The van der Waals surface area contributed by atoms with Crippen molar-refractivity contribution in [2.75, 3.05) is 12.1 Å². The molecule has 0 aliphatic carbocycles. The molecule has 110 valence electrons. The van der Waals surface area contributed by atoms with Crippen molar-refractivity contribution in [1.29, 1.82) is 0 Å². The van der Waals surface area contributed by atoms with Crippen molar-refractivity contribution in [1.82, 2.24) is 15.0 Å². The Bertz CT molecular complexity index is 688. The van der Waals surface area contributed by atoms with Crippen LogP contribution in [-0.4, -0.2) is 27.7 Å². The smallest absolute Gasteiger partial charge is 0.246 e. The van der Waals surface area contributed by atoms with E-state index in [9.17, 15) is 4.79 Å². The monoisotopic (exact) mass is 309 g/mol. The number of hydrogen-bond acceptors (Lipinski definition) is 6. The molecule has 1 aromatic heterocycles. The second-order valence-electron chi connectivity index (χ2n) is 4.35. The number of aromatic nitrogens is 3. The summed E-state index contributed by atoms with van der Waals surface area (Å²) in [7, 11) is 0. The molecular weight excluding hydrogens is 298 g/mol. The molecule has 1 amide bonds. The summed E-state index contributed by atoms with van der Waals surface area (Å²) in [5.74, 6) is 0.812. The first-order valence-electron chi connectivity index (χ1n) is 6.14. The van der Waals surface area contributed by atoms with E-state index < -0.39 is 0 Å². The van der Waals surface area contributed by atoms with Crippen LogP contribution in [0.5, 0.6) is 11.5 Å². The molecule has 9 heteroatoms. The van der Waals surface area contributed by atoms with Crippen LogP contribution in [0.15, 0.2) is 18.3 Å². The molecule has 0 unspecified atom stereocenters. The normalized spacial score (nSPS) is 12.5. The molecule has 1 aromatic carbocycles. The molecule has 2 heterocycles. The van der Waals surface area contributed by atoms with Gasteiger partial charge in [-0.1, -0.05) is 16.8 Å². The lowest BCUT2D eigenvalue weighted by Gasteiger charge is -2.08. The lowest BCUT2D eigenvalue weighted by Crippen LogP contribution is -2.19. The van der Waals surface area contributed by atoms with Crippen LogP contribution in [-0.2, 0) is 17.9 Å². The van der Waals surface area contributed by atoms with Gasteiger partial charge in [0.25, 0.3) is 0 Å². The Balaban J connectivity index is 1.70. The summed E-state index contributed by atoms with van der Waals surface area (Å²) in [6.45, 7) is 0.428. The van der Waals surface area contributed by atoms with E-state index in [1.165, 1.54) is 4.68 Å². The zero-order valence-electron chi connectivity index (χ0n) is 10.9. The summed E-state index contributed by atoms with van der Waals surface area (Å²) in [6.07, 6.45) is 1.61. The number of rotatable bonds is 4. The standard InChI is InChI=1S/C12H12ClN5O3/c13-8-1-10-11(21-6-20-10)2-9(8)15-12(19)5-18-4-7(3-14)16-17-18/h1-2,4H,3,5-6,14H2,(H,15,19). The van der Waals surface area contributed by atoms with Gasteiger partial charge in [-0.2, -0.15) is 0 Å². The molecule has 0 saturated carbocycles. The maximum atomic E-state index is 12.0. The molecule has 0 atom stereocenters. The predicted molar refractivity (Wildman–Crippen MR) is 74.1 cm³/mol. The molecule has 21 heavy (non-hydrogen) atoms. The minimum atomic E-state index is -0.288. The van der Waals surface area contributed by atoms with Gasteiger partial charge in [0.1, 0.15) is 6.54 Å². The number of benzene rings is 1. The third-order valence-corrected chi connectivity index (χ3v) is 3.15. The fourth-order valence-corrected chi connectivity index (χ4v) is 2.06. The Kier molecular flexibility index (Phi) is 3.63. The molecule has 2 aromatic rings. The zero-order valence-corrected chi connectivity index (χ0v) is 11.6. The fourth-order valence-electron chi connectivity index (χ4n) is 1.86. The summed E-state index contributed by atoms with van der Waals surface area (Å²) < 4.78 is 11.8. The van der Waals surface area contributed by atoms with Gasteiger partial charge in [0.2, 0.25) is 12.7 Å². The molecule has 1 aliphatic heterocycles. The van der Waals surface area contributed by atoms with Gasteiger partial charge in [0.15, 0.2) is 11.5 Å². The molecule has 0 radical (unpaired) electrons. The van der Waals surface area contributed by atoms with Crippen molar-refractivity contribution >= 4 is 23.2 Å².